The van der Waals surface area contributed by atoms with E-state index in [9.17, 15) is 4.79 Å². The number of aromatic nitrogens is 1. The van der Waals surface area contributed by atoms with Gasteiger partial charge >= 0.3 is 6.03 Å². The lowest BCUT2D eigenvalue weighted by atomic mass is 10.0. The molecule has 5 nitrogen and oxygen atoms in total. The average molecular weight is 282 g/mol. The summed E-state index contributed by atoms with van der Waals surface area (Å²) >= 11 is 1.68. The molecular formula is C13H22N4OS. The summed E-state index contributed by atoms with van der Waals surface area (Å²) in [5.41, 5.74) is 0. The van der Waals surface area contributed by atoms with E-state index >= 15 is 0 Å². The van der Waals surface area contributed by atoms with E-state index in [1.54, 1.807) is 30.3 Å². The van der Waals surface area contributed by atoms with Crippen LogP contribution in [0.1, 0.15) is 30.8 Å². The second-order valence-corrected chi connectivity index (χ2v) is 6.12. The van der Waals surface area contributed by atoms with Gasteiger partial charge in [0.05, 0.1) is 6.04 Å². The third-order valence-electron chi connectivity index (χ3n) is 3.46. The van der Waals surface area contributed by atoms with Crippen molar-refractivity contribution in [1.82, 2.24) is 20.1 Å². The Kier molecular flexibility index (Phi) is 4.76. The first-order valence-corrected chi connectivity index (χ1v) is 7.57. The van der Waals surface area contributed by atoms with Crippen LogP contribution in [-0.4, -0.2) is 54.0 Å². The highest BCUT2D eigenvalue weighted by Gasteiger charge is 2.24. The van der Waals surface area contributed by atoms with Crippen LogP contribution < -0.4 is 5.32 Å². The van der Waals surface area contributed by atoms with Gasteiger partial charge in [-0.2, -0.15) is 0 Å². The van der Waals surface area contributed by atoms with Gasteiger partial charge in [0.15, 0.2) is 0 Å². The van der Waals surface area contributed by atoms with E-state index in [2.05, 4.69) is 17.2 Å². The normalized spacial score (nSPS) is 18.4. The molecule has 19 heavy (non-hydrogen) atoms. The highest BCUT2D eigenvalue weighted by Crippen LogP contribution is 2.19. The van der Waals surface area contributed by atoms with Crippen LogP contribution in [0.15, 0.2) is 11.6 Å². The molecule has 1 unspecified atom stereocenters. The van der Waals surface area contributed by atoms with Crippen LogP contribution in [0.3, 0.4) is 0 Å². The van der Waals surface area contributed by atoms with Gasteiger partial charge in [-0.05, 0) is 19.8 Å². The second-order valence-electron chi connectivity index (χ2n) is 5.20. The van der Waals surface area contributed by atoms with Crippen molar-refractivity contribution in [3.63, 3.8) is 0 Å². The van der Waals surface area contributed by atoms with Crippen molar-refractivity contribution in [3.8, 4) is 0 Å². The van der Waals surface area contributed by atoms with Gasteiger partial charge in [-0.15, -0.1) is 11.3 Å². The maximum absolute atomic E-state index is 11.8. The van der Waals surface area contributed by atoms with Crippen LogP contribution in [0.4, 0.5) is 4.79 Å². The Morgan fingerprint density at radius 3 is 2.74 bits per heavy atom. The zero-order valence-corrected chi connectivity index (χ0v) is 12.6. The Hall–Kier alpha value is -1.14. The Morgan fingerprint density at radius 1 is 1.53 bits per heavy atom. The van der Waals surface area contributed by atoms with Crippen molar-refractivity contribution in [2.75, 3.05) is 27.2 Å². The highest BCUT2D eigenvalue weighted by molar-refractivity contribution is 7.09. The van der Waals surface area contributed by atoms with Crippen LogP contribution in [0.2, 0.25) is 0 Å². The van der Waals surface area contributed by atoms with Crippen LogP contribution in [0.5, 0.6) is 0 Å². The quantitative estimate of drug-likeness (QED) is 0.921. The molecule has 1 fully saturated rings. The van der Waals surface area contributed by atoms with E-state index in [1.165, 1.54) is 0 Å². The number of nitrogens with zero attached hydrogens (tertiary/aromatic N) is 3. The SMILES string of the molecule is CC(NC1CCN(C(=O)N(C)C)CC1)c1nccs1. The first-order chi connectivity index (χ1) is 9.08. The summed E-state index contributed by atoms with van der Waals surface area (Å²) in [6, 6.07) is 0.887. The molecule has 1 N–H and O–H groups in total. The Labute approximate surface area is 118 Å². The maximum Gasteiger partial charge on any atom is 0.319 e. The van der Waals surface area contributed by atoms with Gasteiger partial charge in [0.2, 0.25) is 0 Å². The molecule has 2 heterocycles. The van der Waals surface area contributed by atoms with E-state index in [0.717, 1.165) is 30.9 Å². The van der Waals surface area contributed by atoms with Gasteiger partial charge in [0.25, 0.3) is 0 Å². The minimum atomic E-state index is 0.117. The molecule has 6 heteroatoms. The van der Waals surface area contributed by atoms with E-state index in [1.807, 2.05) is 16.5 Å². The number of hydrogen-bond acceptors (Lipinski definition) is 4. The number of hydrogen-bond donors (Lipinski definition) is 1. The first-order valence-electron chi connectivity index (χ1n) is 6.69. The van der Waals surface area contributed by atoms with Crippen LogP contribution in [0, 0.1) is 0 Å². The summed E-state index contributed by atoms with van der Waals surface area (Å²) in [4.78, 5) is 19.7. The molecule has 1 aliphatic heterocycles. The molecule has 0 aromatic carbocycles. The Balaban J connectivity index is 1.79. The number of carbonyl (C=O) groups is 1. The number of likely N-dealkylation sites (tertiary alicyclic amines) is 1. The smallest absolute Gasteiger partial charge is 0.319 e. The molecule has 0 radical (unpaired) electrons. The summed E-state index contributed by atoms with van der Waals surface area (Å²) in [5, 5.41) is 6.74. The van der Waals surface area contributed by atoms with Gasteiger partial charge in [-0.1, -0.05) is 0 Å². The monoisotopic (exact) mass is 282 g/mol. The van der Waals surface area contributed by atoms with Gasteiger partial charge < -0.3 is 15.1 Å². The zero-order valence-electron chi connectivity index (χ0n) is 11.8. The van der Waals surface area contributed by atoms with Crippen LogP contribution >= 0.6 is 11.3 Å². The lowest BCUT2D eigenvalue weighted by Crippen LogP contribution is -2.48. The fourth-order valence-corrected chi connectivity index (χ4v) is 3.05. The number of piperidine rings is 1. The number of carbonyl (C=O) groups excluding carboxylic acids is 1. The van der Waals surface area contributed by atoms with Crippen molar-refractivity contribution in [3.05, 3.63) is 16.6 Å². The van der Waals surface area contributed by atoms with Crippen LogP contribution in [-0.2, 0) is 0 Å². The zero-order chi connectivity index (χ0) is 13.8. The molecule has 0 aliphatic carbocycles. The predicted molar refractivity (Wildman–Crippen MR) is 77.3 cm³/mol. The van der Waals surface area contributed by atoms with Gasteiger partial charge in [0.1, 0.15) is 5.01 Å². The summed E-state index contributed by atoms with van der Waals surface area (Å²) in [6.07, 6.45) is 3.86. The predicted octanol–water partition coefficient (Wildman–Crippen LogP) is 1.94. The number of rotatable bonds is 3. The summed E-state index contributed by atoms with van der Waals surface area (Å²) in [6.45, 7) is 3.81. The van der Waals surface area contributed by atoms with Crippen molar-refractivity contribution in [2.24, 2.45) is 0 Å². The van der Waals surface area contributed by atoms with Gasteiger partial charge in [-0.25, -0.2) is 9.78 Å². The molecule has 2 rings (SSSR count). The fourth-order valence-electron chi connectivity index (χ4n) is 2.39. The molecule has 1 saturated heterocycles. The van der Waals surface area contributed by atoms with E-state index in [-0.39, 0.29) is 6.03 Å². The topological polar surface area (TPSA) is 48.5 Å². The number of nitrogens with one attached hydrogen (secondary N) is 1. The van der Waals surface area contributed by atoms with Gasteiger partial charge in [0, 0.05) is 44.8 Å². The van der Waals surface area contributed by atoms with Crippen molar-refractivity contribution in [1.29, 1.82) is 0 Å². The second kappa shape index (κ2) is 6.34. The Morgan fingerprint density at radius 2 is 2.21 bits per heavy atom. The molecule has 0 saturated carbocycles. The Bertz CT molecular complexity index is 399. The van der Waals surface area contributed by atoms with E-state index in [0.29, 0.717) is 12.1 Å². The maximum atomic E-state index is 11.8. The van der Waals surface area contributed by atoms with Gasteiger partial charge in [-0.3, -0.25) is 0 Å². The van der Waals surface area contributed by atoms with Crippen molar-refractivity contribution >= 4 is 17.4 Å². The number of amides is 2. The first kappa shape index (κ1) is 14.3. The largest absolute Gasteiger partial charge is 0.331 e. The molecule has 1 aromatic heterocycles. The molecule has 106 valence electrons. The van der Waals surface area contributed by atoms with Crippen LogP contribution in [0.25, 0.3) is 0 Å². The highest BCUT2D eigenvalue weighted by atomic mass is 32.1. The lowest BCUT2D eigenvalue weighted by Gasteiger charge is -2.35. The number of urea groups is 1. The summed E-state index contributed by atoms with van der Waals surface area (Å²) in [7, 11) is 3.61. The molecular weight excluding hydrogens is 260 g/mol. The third-order valence-corrected chi connectivity index (χ3v) is 4.41. The average Bonchev–Trinajstić information content (AvgIpc) is 2.92. The van der Waals surface area contributed by atoms with Crippen molar-refractivity contribution < 1.29 is 4.79 Å². The molecule has 1 atom stereocenters. The lowest BCUT2D eigenvalue weighted by molar-refractivity contribution is 0.151. The van der Waals surface area contributed by atoms with E-state index < -0.39 is 0 Å². The van der Waals surface area contributed by atoms with Crippen molar-refractivity contribution in [2.45, 2.75) is 31.8 Å². The standard InChI is InChI=1S/C13H22N4OS/c1-10(12-14-6-9-19-12)15-11-4-7-17(8-5-11)13(18)16(2)3/h6,9-11,15H,4-5,7-8H2,1-3H3. The summed E-state index contributed by atoms with van der Waals surface area (Å²) < 4.78 is 0. The molecule has 0 bridgehead atoms. The third kappa shape index (κ3) is 3.67. The minimum absolute atomic E-state index is 0.117. The molecule has 1 aliphatic rings. The molecule has 0 spiro atoms. The van der Waals surface area contributed by atoms with E-state index in [4.69, 9.17) is 0 Å². The molecule has 2 amide bonds. The minimum Gasteiger partial charge on any atom is -0.331 e. The fraction of sp³-hybridized carbons (Fsp3) is 0.692. The summed E-state index contributed by atoms with van der Waals surface area (Å²) in [5.74, 6) is 0. The number of thiazole rings is 1. The molecule has 1 aromatic rings.